The summed E-state index contributed by atoms with van der Waals surface area (Å²) in [6.45, 7) is 1.37. The van der Waals surface area contributed by atoms with Crippen LogP contribution >= 0.6 is 0 Å². The highest BCUT2D eigenvalue weighted by molar-refractivity contribution is 7.90. The highest BCUT2D eigenvalue weighted by Crippen LogP contribution is 2.24. The van der Waals surface area contributed by atoms with Crippen LogP contribution in [0.2, 0.25) is 0 Å². The summed E-state index contributed by atoms with van der Waals surface area (Å²) in [5.74, 6) is 0.254. The minimum atomic E-state index is -3.29. The minimum Gasteiger partial charge on any atom is -0.347 e. The Balaban J connectivity index is 1.72. The summed E-state index contributed by atoms with van der Waals surface area (Å²) >= 11 is 0. The lowest BCUT2D eigenvalue weighted by molar-refractivity contribution is 0.0662. The molecule has 24 heavy (non-hydrogen) atoms. The van der Waals surface area contributed by atoms with Gasteiger partial charge in [0.1, 0.15) is 10.6 Å². The van der Waals surface area contributed by atoms with Gasteiger partial charge in [-0.1, -0.05) is 0 Å². The summed E-state index contributed by atoms with van der Waals surface area (Å²) in [7, 11) is -1.43. The standard InChI is InChI=1S/C16H22N4O3S/c1-19-7-4-6-14(19)16(21)20-8-3-5-12(11-20)9-13-15(10-17-18-13)24(2,22)23/h4,6-7,10,12H,3,5,8-9,11H2,1-2H3,(H,17,18)/t12-/m1/s1. The zero-order valence-electron chi connectivity index (χ0n) is 13.9. The van der Waals surface area contributed by atoms with Crippen molar-refractivity contribution < 1.29 is 13.2 Å². The van der Waals surface area contributed by atoms with Crippen LogP contribution in [-0.4, -0.2) is 53.3 Å². The fraction of sp³-hybridized carbons (Fsp3) is 0.500. The number of carbonyl (C=O) groups is 1. The van der Waals surface area contributed by atoms with Crippen molar-refractivity contribution in [3.63, 3.8) is 0 Å². The lowest BCUT2D eigenvalue weighted by Gasteiger charge is -2.32. The molecular formula is C16H22N4O3S. The molecule has 1 N–H and O–H groups in total. The van der Waals surface area contributed by atoms with E-state index in [4.69, 9.17) is 0 Å². The number of sulfone groups is 1. The van der Waals surface area contributed by atoms with Crippen molar-refractivity contribution in [3.05, 3.63) is 35.9 Å². The second-order valence-electron chi connectivity index (χ2n) is 6.45. The van der Waals surface area contributed by atoms with Gasteiger partial charge in [0, 0.05) is 32.6 Å². The number of rotatable bonds is 4. The molecule has 1 aliphatic heterocycles. The highest BCUT2D eigenvalue weighted by Gasteiger charge is 2.27. The van der Waals surface area contributed by atoms with Crippen LogP contribution in [0.25, 0.3) is 0 Å². The van der Waals surface area contributed by atoms with Crippen molar-refractivity contribution in [1.29, 1.82) is 0 Å². The monoisotopic (exact) mass is 350 g/mol. The van der Waals surface area contributed by atoms with Gasteiger partial charge in [0.05, 0.1) is 11.9 Å². The van der Waals surface area contributed by atoms with Gasteiger partial charge in [-0.2, -0.15) is 5.10 Å². The van der Waals surface area contributed by atoms with E-state index in [1.165, 1.54) is 12.5 Å². The Morgan fingerprint density at radius 3 is 2.92 bits per heavy atom. The van der Waals surface area contributed by atoms with E-state index in [2.05, 4.69) is 10.2 Å². The Kier molecular flexibility index (Phi) is 4.49. The topological polar surface area (TPSA) is 88.1 Å². The second-order valence-corrected chi connectivity index (χ2v) is 8.44. The van der Waals surface area contributed by atoms with E-state index < -0.39 is 9.84 Å². The predicted octanol–water partition coefficient (Wildman–Crippen LogP) is 1.25. The Morgan fingerprint density at radius 2 is 2.25 bits per heavy atom. The largest absolute Gasteiger partial charge is 0.347 e. The maximum atomic E-state index is 12.6. The van der Waals surface area contributed by atoms with Crippen LogP contribution in [0.1, 0.15) is 29.0 Å². The van der Waals surface area contributed by atoms with Crippen molar-refractivity contribution in [2.75, 3.05) is 19.3 Å². The van der Waals surface area contributed by atoms with Gasteiger partial charge in [-0.25, -0.2) is 8.42 Å². The van der Waals surface area contributed by atoms with Crippen molar-refractivity contribution in [2.45, 2.75) is 24.2 Å². The Bertz CT molecular complexity index is 837. The number of amides is 1. The Morgan fingerprint density at radius 1 is 1.46 bits per heavy atom. The third kappa shape index (κ3) is 3.38. The van der Waals surface area contributed by atoms with Gasteiger partial charge in [-0.15, -0.1) is 0 Å². The fourth-order valence-corrected chi connectivity index (χ4v) is 4.14. The maximum Gasteiger partial charge on any atom is 0.270 e. The number of nitrogens with zero attached hydrogens (tertiary/aromatic N) is 3. The summed E-state index contributed by atoms with van der Waals surface area (Å²) in [5, 5.41) is 6.68. The predicted molar refractivity (Wildman–Crippen MR) is 89.4 cm³/mol. The molecule has 1 fully saturated rings. The number of nitrogens with one attached hydrogen (secondary N) is 1. The minimum absolute atomic E-state index is 0.0279. The van der Waals surface area contributed by atoms with Crippen LogP contribution < -0.4 is 0 Å². The molecule has 1 aliphatic rings. The maximum absolute atomic E-state index is 12.6. The number of aromatic amines is 1. The molecule has 0 spiro atoms. The summed E-state index contributed by atoms with van der Waals surface area (Å²) in [6, 6.07) is 3.68. The average molecular weight is 350 g/mol. The molecule has 0 radical (unpaired) electrons. The first-order valence-corrected chi connectivity index (χ1v) is 9.88. The summed E-state index contributed by atoms with van der Waals surface area (Å²) < 4.78 is 25.4. The summed E-state index contributed by atoms with van der Waals surface area (Å²) in [6.07, 6.45) is 6.88. The van der Waals surface area contributed by atoms with E-state index in [1.807, 2.05) is 34.8 Å². The summed E-state index contributed by atoms with van der Waals surface area (Å²) in [4.78, 5) is 14.8. The first-order valence-electron chi connectivity index (χ1n) is 7.99. The molecule has 0 unspecified atom stereocenters. The molecule has 1 atom stereocenters. The van der Waals surface area contributed by atoms with Crippen LogP contribution in [0.5, 0.6) is 0 Å². The number of H-pyrrole nitrogens is 1. The quantitative estimate of drug-likeness (QED) is 0.899. The number of aromatic nitrogens is 3. The van der Waals surface area contributed by atoms with E-state index in [0.717, 1.165) is 19.4 Å². The van der Waals surface area contributed by atoms with E-state index in [0.29, 0.717) is 24.4 Å². The van der Waals surface area contributed by atoms with Crippen molar-refractivity contribution in [3.8, 4) is 0 Å². The number of carbonyl (C=O) groups excluding carboxylic acids is 1. The number of hydrogen-bond acceptors (Lipinski definition) is 4. The van der Waals surface area contributed by atoms with Gasteiger partial charge < -0.3 is 9.47 Å². The molecule has 0 bridgehead atoms. The van der Waals surface area contributed by atoms with Crippen LogP contribution in [0.15, 0.2) is 29.4 Å². The number of hydrogen-bond donors (Lipinski definition) is 1. The molecule has 1 saturated heterocycles. The zero-order chi connectivity index (χ0) is 17.3. The van der Waals surface area contributed by atoms with Gasteiger partial charge >= 0.3 is 0 Å². The van der Waals surface area contributed by atoms with E-state index in [1.54, 1.807) is 0 Å². The molecule has 130 valence electrons. The fourth-order valence-electron chi connectivity index (χ4n) is 3.32. The first-order chi connectivity index (χ1) is 11.4. The smallest absolute Gasteiger partial charge is 0.270 e. The van der Waals surface area contributed by atoms with Crippen LogP contribution in [0, 0.1) is 5.92 Å². The third-order valence-electron chi connectivity index (χ3n) is 4.54. The normalized spacial score (nSPS) is 18.8. The molecule has 8 heteroatoms. The lowest BCUT2D eigenvalue weighted by Crippen LogP contribution is -2.41. The van der Waals surface area contributed by atoms with Crippen molar-refractivity contribution in [2.24, 2.45) is 13.0 Å². The molecule has 2 aromatic rings. The average Bonchev–Trinajstić information content (AvgIpc) is 3.15. The lowest BCUT2D eigenvalue weighted by atomic mass is 9.93. The van der Waals surface area contributed by atoms with Crippen LogP contribution in [0.3, 0.4) is 0 Å². The van der Waals surface area contributed by atoms with Gasteiger partial charge in [-0.3, -0.25) is 9.89 Å². The van der Waals surface area contributed by atoms with E-state index in [-0.39, 0.29) is 16.7 Å². The molecule has 0 saturated carbocycles. The SMILES string of the molecule is Cn1cccc1C(=O)N1CCC[C@H](Cc2[nH]ncc2S(C)(=O)=O)C1. The summed E-state index contributed by atoms with van der Waals surface area (Å²) in [5.41, 5.74) is 1.31. The van der Waals surface area contributed by atoms with Crippen LogP contribution in [0.4, 0.5) is 0 Å². The van der Waals surface area contributed by atoms with Crippen LogP contribution in [-0.2, 0) is 23.3 Å². The zero-order valence-corrected chi connectivity index (χ0v) is 14.7. The number of piperidine rings is 1. The Labute approximate surface area is 141 Å². The third-order valence-corrected chi connectivity index (χ3v) is 5.69. The van der Waals surface area contributed by atoms with Gasteiger partial charge in [0.25, 0.3) is 5.91 Å². The molecule has 0 aliphatic carbocycles. The van der Waals surface area contributed by atoms with Gasteiger partial charge in [-0.05, 0) is 37.3 Å². The number of likely N-dealkylation sites (tertiary alicyclic amines) is 1. The molecule has 0 aromatic carbocycles. The molecular weight excluding hydrogens is 328 g/mol. The second kappa shape index (κ2) is 6.43. The molecule has 3 heterocycles. The van der Waals surface area contributed by atoms with Crippen molar-refractivity contribution in [1.82, 2.24) is 19.7 Å². The molecule has 7 nitrogen and oxygen atoms in total. The van der Waals surface area contributed by atoms with Gasteiger partial charge in [0.15, 0.2) is 9.84 Å². The molecule has 1 amide bonds. The Hall–Kier alpha value is -2.09. The molecule has 2 aromatic heterocycles. The van der Waals surface area contributed by atoms with Crippen molar-refractivity contribution >= 4 is 15.7 Å². The van der Waals surface area contributed by atoms with E-state index in [9.17, 15) is 13.2 Å². The first kappa shape index (κ1) is 16.8. The van der Waals surface area contributed by atoms with E-state index >= 15 is 0 Å². The number of aryl methyl sites for hydroxylation is 1. The van der Waals surface area contributed by atoms with Gasteiger partial charge in [0.2, 0.25) is 0 Å². The highest BCUT2D eigenvalue weighted by atomic mass is 32.2. The molecule has 3 rings (SSSR count).